The van der Waals surface area contributed by atoms with Gasteiger partial charge in [0.1, 0.15) is 17.5 Å². The number of fused-ring (bicyclic) bond motifs is 1. The Morgan fingerprint density at radius 3 is 2.60 bits per heavy atom. The zero-order valence-corrected chi connectivity index (χ0v) is 24.1. The maximum atomic E-state index is 15.4. The number of ether oxygens (including phenoxy) is 1. The number of rotatable bonds is 6. The molecular formula is C31H35F2N7O3. The summed E-state index contributed by atoms with van der Waals surface area (Å²) in [5.74, 6) is -0.919. The minimum Gasteiger partial charge on any atom is -0.453 e. The van der Waals surface area contributed by atoms with E-state index in [-0.39, 0.29) is 34.8 Å². The largest absolute Gasteiger partial charge is 0.453 e. The first-order chi connectivity index (χ1) is 20.7. The highest BCUT2D eigenvalue weighted by Gasteiger charge is 2.36. The van der Waals surface area contributed by atoms with Crippen molar-refractivity contribution in [1.29, 1.82) is 0 Å². The predicted molar refractivity (Wildman–Crippen MR) is 156 cm³/mol. The molecule has 0 spiro atoms. The maximum Gasteiger partial charge on any atom is 0.407 e. The number of alkyl carbamates (subject to hydrolysis) is 1. The number of nitrogens with one attached hydrogen (secondary N) is 1. The van der Waals surface area contributed by atoms with Crippen molar-refractivity contribution in [2.45, 2.75) is 56.7 Å². The second-order valence-corrected chi connectivity index (χ2v) is 11.7. The molecule has 10 nitrogen and oxygen atoms in total. The normalized spacial score (nSPS) is 21.7. The van der Waals surface area contributed by atoms with Gasteiger partial charge in [-0.2, -0.15) is 5.10 Å². The van der Waals surface area contributed by atoms with Crippen molar-refractivity contribution >= 4 is 17.3 Å². The first kappa shape index (κ1) is 28.9. The number of carbonyl (C=O) groups is 1. The van der Waals surface area contributed by atoms with Gasteiger partial charge in [0.05, 0.1) is 41.7 Å². The zero-order chi connectivity index (χ0) is 30.3. The SMILES string of the molecule is COC(=O)N[C@@H]1[C@H](N)CN(c2ccncc2Cc2ncc3ccc(-c4c(F)cc(C5(O)CCCC5)cc4F)nn23)C[C@@H]1C. The quantitative estimate of drug-likeness (QED) is 0.308. The van der Waals surface area contributed by atoms with Gasteiger partial charge in [0, 0.05) is 49.2 Å². The summed E-state index contributed by atoms with van der Waals surface area (Å²) in [5.41, 5.74) is 7.90. The lowest BCUT2D eigenvalue weighted by Gasteiger charge is -2.42. The van der Waals surface area contributed by atoms with Crippen LogP contribution < -0.4 is 16.0 Å². The second kappa shape index (κ2) is 11.5. The Balaban J connectivity index is 1.28. The fraction of sp³-hybridized carbons (Fsp3) is 0.419. The summed E-state index contributed by atoms with van der Waals surface area (Å²) in [7, 11) is 1.33. The number of hydrogen-bond donors (Lipinski definition) is 3. The molecule has 4 heterocycles. The van der Waals surface area contributed by atoms with Crippen LogP contribution in [0.25, 0.3) is 16.8 Å². The Labute approximate surface area is 247 Å². The Morgan fingerprint density at radius 1 is 1.16 bits per heavy atom. The number of imidazole rings is 1. The molecule has 226 valence electrons. The van der Waals surface area contributed by atoms with Gasteiger partial charge in [0.15, 0.2) is 0 Å². The summed E-state index contributed by atoms with van der Waals surface area (Å²) < 4.78 is 37.1. The van der Waals surface area contributed by atoms with E-state index in [2.05, 4.69) is 25.3 Å². The van der Waals surface area contributed by atoms with Crippen LogP contribution >= 0.6 is 0 Å². The van der Waals surface area contributed by atoms with Gasteiger partial charge in [0.2, 0.25) is 0 Å². The molecule has 3 aromatic heterocycles. The van der Waals surface area contributed by atoms with Crippen LogP contribution in [0.3, 0.4) is 0 Å². The molecule has 3 atom stereocenters. The van der Waals surface area contributed by atoms with Gasteiger partial charge in [-0.25, -0.2) is 23.1 Å². The zero-order valence-electron chi connectivity index (χ0n) is 24.1. The molecule has 0 unspecified atom stereocenters. The standard InChI is InChI=1S/C31H35F2N7O3/c1-18-16-39(17-24(34)29(18)37-30(41)43-2)26-7-10-35-14-19(26)11-27-36-15-21-5-6-25(38-40(21)27)28-22(32)12-20(13-23(28)33)31(42)8-3-4-9-31/h5-7,10,12-15,18,24,29,42H,3-4,8-9,11,16-17,34H2,1-2H3,(H,37,41)/t18-,24+,29-/m0/s1. The lowest BCUT2D eigenvalue weighted by Crippen LogP contribution is -2.62. The highest BCUT2D eigenvalue weighted by Crippen LogP contribution is 2.40. The number of aromatic nitrogens is 4. The second-order valence-electron chi connectivity index (χ2n) is 11.7. The number of nitrogens with zero attached hydrogens (tertiary/aromatic N) is 5. The Bertz CT molecular complexity index is 1620. The molecule has 4 aromatic rings. The van der Waals surface area contributed by atoms with Gasteiger partial charge in [-0.15, -0.1) is 0 Å². The topological polar surface area (TPSA) is 131 Å². The molecule has 2 fully saturated rings. The third-order valence-corrected chi connectivity index (χ3v) is 8.77. The predicted octanol–water partition coefficient (Wildman–Crippen LogP) is 3.93. The number of methoxy groups -OCH3 is 1. The van der Waals surface area contributed by atoms with Crippen LogP contribution in [0.5, 0.6) is 0 Å². The number of pyridine rings is 1. The van der Waals surface area contributed by atoms with Crippen molar-refractivity contribution in [1.82, 2.24) is 24.9 Å². The van der Waals surface area contributed by atoms with E-state index in [1.54, 1.807) is 35.2 Å². The van der Waals surface area contributed by atoms with Crippen LogP contribution in [0.15, 0.2) is 48.9 Å². The molecule has 4 N–H and O–H groups in total. The van der Waals surface area contributed by atoms with Crippen molar-refractivity contribution in [3.05, 3.63) is 77.5 Å². The summed E-state index contributed by atoms with van der Waals surface area (Å²) in [6.07, 6.45) is 7.59. The summed E-state index contributed by atoms with van der Waals surface area (Å²) in [4.78, 5) is 22.9. The van der Waals surface area contributed by atoms with Crippen LogP contribution in [0.4, 0.5) is 19.3 Å². The lowest BCUT2D eigenvalue weighted by atomic mass is 9.89. The summed E-state index contributed by atoms with van der Waals surface area (Å²) >= 11 is 0. The Kier molecular flexibility index (Phi) is 7.74. The molecule has 2 aliphatic rings. The average Bonchev–Trinajstić information content (AvgIpc) is 3.61. The number of anilines is 1. The smallest absolute Gasteiger partial charge is 0.407 e. The van der Waals surface area contributed by atoms with Crippen LogP contribution in [0, 0.1) is 17.6 Å². The van der Waals surface area contributed by atoms with Crippen molar-refractivity contribution < 1.29 is 23.4 Å². The molecular weight excluding hydrogens is 556 g/mol. The molecule has 1 saturated heterocycles. The molecule has 0 radical (unpaired) electrons. The number of hydrogen-bond acceptors (Lipinski definition) is 8. The van der Waals surface area contributed by atoms with Gasteiger partial charge in [-0.1, -0.05) is 19.8 Å². The van der Waals surface area contributed by atoms with Crippen molar-refractivity contribution in [2.24, 2.45) is 11.7 Å². The van der Waals surface area contributed by atoms with E-state index in [1.165, 1.54) is 19.2 Å². The number of piperidine rings is 1. The Hall–Kier alpha value is -4.16. The fourth-order valence-corrected chi connectivity index (χ4v) is 6.52. The van der Waals surface area contributed by atoms with Crippen LogP contribution in [-0.4, -0.2) is 63.1 Å². The Morgan fingerprint density at radius 2 is 1.91 bits per heavy atom. The molecule has 1 aromatic carbocycles. The van der Waals surface area contributed by atoms with Crippen molar-refractivity contribution in [2.75, 3.05) is 25.1 Å². The summed E-state index contributed by atoms with van der Waals surface area (Å²) in [6.45, 7) is 3.18. The van der Waals surface area contributed by atoms with Crippen molar-refractivity contribution in [3.63, 3.8) is 0 Å². The van der Waals surface area contributed by atoms with Gasteiger partial charge in [-0.05, 0) is 54.7 Å². The molecule has 43 heavy (non-hydrogen) atoms. The van der Waals surface area contributed by atoms with Gasteiger partial charge in [-0.3, -0.25) is 4.98 Å². The third kappa shape index (κ3) is 5.52. The molecule has 12 heteroatoms. The summed E-state index contributed by atoms with van der Waals surface area (Å²) in [6, 6.07) is 7.10. The highest BCUT2D eigenvalue weighted by molar-refractivity contribution is 5.68. The number of amides is 1. The molecule has 1 amide bonds. The van der Waals surface area contributed by atoms with E-state index in [0.29, 0.717) is 43.7 Å². The molecule has 1 aliphatic heterocycles. The van der Waals surface area contributed by atoms with Crippen molar-refractivity contribution in [3.8, 4) is 11.3 Å². The number of nitrogens with two attached hydrogens (primary N) is 1. The minimum absolute atomic E-state index is 0.0471. The van der Waals surface area contributed by atoms with Crippen LogP contribution in [0.2, 0.25) is 0 Å². The average molecular weight is 592 g/mol. The fourth-order valence-electron chi connectivity index (χ4n) is 6.52. The maximum absolute atomic E-state index is 15.4. The van der Waals surface area contributed by atoms with Crippen LogP contribution in [0.1, 0.15) is 49.6 Å². The highest BCUT2D eigenvalue weighted by atomic mass is 19.1. The molecule has 0 bridgehead atoms. The van der Waals surface area contributed by atoms with E-state index < -0.39 is 23.3 Å². The monoisotopic (exact) mass is 591 g/mol. The number of aliphatic hydroxyl groups is 1. The molecule has 1 saturated carbocycles. The number of benzene rings is 1. The number of carbonyl (C=O) groups excluding carboxylic acids is 1. The molecule has 1 aliphatic carbocycles. The van der Waals surface area contributed by atoms with E-state index in [0.717, 1.165) is 24.1 Å². The molecule has 6 rings (SSSR count). The minimum atomic E-state index is -1.20. The first-order valence-corrected chi connectivity index (χ1v) is 14.5. The van der Waals surface area contributed by atoms with E-state index in [1.807, 2.05) is 13.0 Å². The van der Waals surface area contributed by atoms with Gasteiger partial charge in [0.25, 0.3) is 0 Å². The van der Waals surface area contributed by atoms with E-state index in [4.69, 9.17) is 10.5 Å². The third-order valence-electron chi connectivity index (χ3n) is 8.77. The van der Waals surface area contributed by atoms with Gasteiger partial charge >= 0.3 is 6.09 Å². The lowest BCUT2D eigenvalue weighted by molar-refractivity contribution is 0.0438. The van der Waals surface area contributed by atoms with E-state index in [9.17, 15) is 9.90 Å². The first-order valence-electron chi connectivity index (χ1n) is 14.5. The van der Waals surface area contributed by atoms with E-state index >= 15 is 8.78 Å². The number of halogens is 2. The van der Waals surface area contributed by atoms with Gasteiger partial charge < -0.3 is 25.8 Å². The van der Waals surface area contributed by atoms with Crippen LogP contribution in [-0.2, 0) is 16.8 Å². The summed E-state index contributed by atoms with van der Waals surface area (Å²) in [5, 5.41) is 18.3.